The number of nitrogens with two attached hydrogens (primary N) is 2. The second-order valence-corrected chi connectivity index (χ2v) is 6.93. The van der Waals surface area contributed by atoms with Crippen LogP contribution in [0.25, 0.3) is 0 Å². The molecule has 1 aliphatic carbocycles. The smallest absolute Gasteiger partial charge is 0.290 e. The van der Waals surface area contributed by atoms with Crippen LogP contribution in [0, 0.1) is 5.92 Å². The number of aryl methyl sites for hydroxylation is 1. The Kier molecular flexibility index (Phi) is 8.17. The SMILES string of the molecule is CC(C)CCNC(=O)[C@H]1CCCc2sc(N=C(N)N)nc21.O=CO. The van der Waals surface area contributed by atoms with E-state index in [9.17, 15) is 4.79 Å². The van der Waals surface area contributed by atoms with Gasteiger partial charge in [0.25, 0.3) is 6.47 Å². The predicted molar refractivity (Wildman–Crippen MR) is 94.4 cm³/mol. The van der Waals surface area contributed by atoms with E-state index in [1.807, 2.05) is 0 Å². The lowest BCUT2D eigenvalue weighted by atomic mass is 9.90. The minimum absolute atomic E-state index is 0.000896. The van der Waals surface area contributed by atoms with Crippen molar-refractivity contribution in [1.29, 1.82) is 0 Å². The average Bonchev–Trinajstić information content (AvgIpc) is 2.88. The molecular weight excluding hydrogens is 330 g/mol. The molecule has 2 rings (SSSR count). The number of nitrogens with one attached hydrogen (secondary N) is 1. The van der Waals surface area contributed by atoms with Crippen LogP contribution in [-0.4, -0.2) is 35.0 Å². The third kappa shape index (κ3) is 6.15. The second kappa shape index (κ2) is 9.86. The Morgan fingerprint density at radius 3 is 2.79 bits per heavy atom. The molecule has 1 heterocycles. The number of aromatic nitrogens is 1. The lowest BCUT2D eigenvalue weighted by molar-refractivity contribution is -0.123. The number of carbonyl (C=O) groups excluding carboxylic acids is 1. The highest BCUT2D eigenvalue weighted by Gasteiger charge is 2.30. The monoisotopic (exact) mass is 355 g/mol. The summed E-state index contributed by atoms with van der Waals surface area (Å²) in [7, 11) is 0. The Hall–Kier alpha value is -2.16. The van der Waals surface area contributed by atoms with Crippen molar-refractivity contribution in [1.82, 2.24) is 10.3 Å². The van der Waals surface area contributed by atoms with Crippen LogP contribution in [0.1, 0.15) is 49.6 Å². The van der Waals surface area contributed by atoms with Gasteiger partial charge in [-0.3, -0.25) is 9.59 Å². The summed E-state index contributed by atoms with van der Waals surface area (Å²) in [5.74, 6) is 0.484. The maximum Gasteiger partial charge on any atom is 0.290 e. The quantitative estimate of drug-likeness (QED) is 0.356. The van der Waals surface area contributed by atoms with Crippen molar-refractivity contribution in [2.45, 2.75) is 45.4 Å². The molecule has 1 atom stereocenters. The first kappa shape index (κ1) is 19.9. The van der Waals surface area contributed by atoms with Gasteiger partial charge in [-0.15, -0.1) is 0 Å². The van der Waals surface area contributed by atoms with Crippen LogP contribution in [0.4, 0.5) is 5.13 Å². The van der Waals surface area contributed by atoms with Gasteiger partial charge in [-0.2, -0.15) is 4.99 Å². The first-order valence-corrected chi connectivity index (χ1v) is 8.65. The molecule has 1 amide bonds. The molecule has 0 bridgehead atoms. The number of hydrogen-bond donors (Lipinski definition) is 4. The zero-order valence-electron chi connectivity index (χ0n) is 14.0. The number of carbonyl (C=O) groups is 2. The van der Waals surface area contributed by atoms with Gasteiger partial charge in [0, 0.05) is 11.4 Å². The van der Waals surface area contributed by atoms with E-state index in [1.54, 1.807) is 0 Å². The van der Waals surface area contributed by atoms with E-state index < -0.39 is 0 Å². The first-order chi connectivity index (χ1) is 11.4. The summed E-state index contributed by atoms with van der Waals surface area (Å²) in [6.45, 7) is 4.76. The highest BCUT2D eigenvalue weighted by Crippen LogP contribution is 2.37. The van der Waals surface area contributed by atoms with Crippen LogP contribution in [0.3, 0.4) is 0 Å². The molecule has 0 radical (unpaired) electrons. The topological polar surface area (TPSA) is 144 Å². The second-order valence-electron chi connectivity index (χ2n) is 5.87. The third-order valence-corrected chi connectivity index (χ3v) is 4.53. The molecule has 1 aliphatic rings. The van der Waals surface area contributed by atoms with E-state index in [-0.39, 0.29) is 24.3 Å². The standard InChI is InChI=1S/C14H23N5OS.CH2O2/c1-8(2)6-7-17-12(20)9-4-3-5-10-11(9)18-14(21-10)19-13(15)16;2-1-3/h8-9H,3-7H2,1-2H3,(H,17,20)(H4,15,16,18,19);1H,(H,2,3)/t9-;/m0./s1. The highest BCUT2D eigenvalue weighted by molar-refractivity contribution is 7.15. The molecule has 0 aromatic carbocycles. The molecule has 8 nitrogen and oxygen atoms in total. The van der Waals surface area contributed by atoms with Crippen molar-refractivity contribution in [3.63, 3.8) is 0 Å². The number of hydrogen-bond acceptors (Lipinski definition) is 5. The number of fused-ring (bicyclic) bond motifs is 1. The van der Waals surface area contributed by atoms with Crippen LogP contribution < -0.4 is 16.8 Å². The molecule has 0 aliphatic heterocycles. The van der Waals surface area contributed by atoms with Crippen LogP contribution in [0.5, 0.6) is 0 Å². The maximum atomic E-state index is 12.3. The van der Waals surface area contributed by atoms with Gasteiger partial charge in [0.2, 0.25) is 11.0 Å². The van der Waals surface area contributed by atoms with Gasteiger partial charge in [-0.25, -0.2) is 4.98 Å². The number of rotatable bonds is 5. The lowest BCUT2D eigenvalue weighted by Gasteiger charge is -2.20. The average molecular weight is 355 g/mol. The van der Waals surface area contributed by atoms with Crippen LogP contribution in [0.2, 0.25) is 0 Å². The van der Waals surface area contributed by atoms with E-state index in [0.717, 1.165) is 36.3 Å². The summed E-state index contributed by atoms with van der Waals surface area (Å²) in [5, 5.41) is 10.4. The van der Waals surface area contributed by atoms with Crippen molar-refractivity contribution in [2.24, 2.45) is 22.4 Å². The molecule has 9 heteroatoms. The zero-order chi connectivity index (χ0) is 18.1. The van der Waals surface area contributed by atoms with Gasteiger partial charge < -0.3 is 21.9 Å². The van der Waals surface area contributed by atoms with Gasteiger partial charge in [0.1, 0.15) is 0 Å². The summed E-state index contributed by atoms with van der Waals surface area (Å²) < 4.78 is 0. The van der Waals surface area contributed by atoms with E-state index in [1.165, 1.54) is 11.3 Å². The third-order valence-electron chi connectivity index (χ3n) is 3.51. The normalized spacial score (nSPS) is 15.7. The number of thiazole rings is 1. The first-order valence-electron chi connectivity index (χ1n) is 7.83. The largest absolute Gasteiger partial charge is 0.483 e. The van der Waals surface area contributed by atoms with Crippen molar-refractivity contribution < 1.29 is 14.7 Å². The molecule has 0 saturated carbocycles. The van der Waals surface area contributed by atoms with Gasteiger partial charge in [-0.1, -0.05) is 25.2 Å². The van der Waals surface area contributed by atoms with Gasteiger partial charge in [0.15, 0.2) is 5.96 Å². The van der Waals surface area contributed by atoms with E-state index in [0.29, 0.717) is 17.6 Å². The maximum absolute atomic E-state index is 12.3. The van der Waals surface area contributed by atoms with E-state index >= 15 is 0 Å². The molecule has 0 unspecified atom stereocenters. The zero-order valence-corrected chi connectivity index (χ0v) is 14.8. The van der Waals surface area contributed by atoms with E-state index in [4.69, 9.17) is 21.4 Å². The number of nitrogens with zero attached hydrogens (tertiary/aromatic N) is 2. The van der Waals surface area contributed by atoms with Gasteiger partial charge in [0.05, 0.1) is 11.6 Å². The molecular formula is C15H25N5O3S. The van der Waals surface area contributed by atoms with Crippen LogP contribution >= 0.6 is 11.3 Å². The van der Waals surface area contributed by atoms with Gasteiger partial charge >= 0.3 is 0 Å². The van der Waals surface area contributed by atoms with E-state index in [2.05, 4.69) is 29.1 Å². The number of carboxylic acid groups (broad SMARTS) is 1. The summed E-state index contributed by atoms with van der Waals surface area (Å²) in [6.07, 6.45) is 3.77. The summed E-state index contributed by atoms with van der Waals surface area (Å²) in [4.78, 5) is 30.3. The van der Waals surface area contributed by atoms with Crippen LogP contribution in [0.15, 0.2) is 4.99 Å². The number of guanidine groups is 1. The molecule has 0 fully saturated rings. The Morgan fingerprint density at radius 1 is 1.54 bits per heavy atom. The minimum atomic E-state index is -0.250. The minimum Gasteiger partial charge on any atom is -0.483 e. The van der Waals surface area contributed by atoms with Crippen molar-refractivity contribution in [3.8, 4) is 0 Å². The highest BCUT2D eigenvalue weighted by atomic mass is 32.1. The van der Waals surface area contributed by atoms with Crippen molar-refractivity contribution >= 4 is 34.8 Å². The molecule has 24 heavy (non-hydrogen) atoms. The molecule has 1 aromatic heterocycles. The molecule has 1 aromatic rings. The fraction of sp³-hybridized carbons (Fsp3) is 0.600. The molecule has 134 valence electrons. The number of amides is 1. The fourth-order valence-electron chi connectivity index (χ4n) is 2.43. The van der Waals surface area contributed by atoms with Crippen molar-refractivity contribution in [2.75, 3.05) is 6.54 Å². The summed E-state index contributed by atoms with van der Waals surface area (Å²) in [5.41, 5.74) is 11.6. The molecule has 0 spiro atoms. The summed E-state index contributed by atoms with van der Waals surface area (Å²) in [6, 6.07) is 0. The fourth-order valence-corrected chi connectivity index (χ4v) is 3.48. The lowest BCUT2D eigenvalue weighted by Crippen LogP contribution is -2.32. The Morgan fingerprint density at radius 2 is 2.21 bits per heavy atom. The Labute approximate surface area is 145 Å². The van der Waals surface area contributed by atoms with Gasteiger partial charge in [-0.05, 0) is 31.6 Å². The van der Waals surface area contributed by atoms with Crippen molar-refractivity contribution in [3.05, 3.63) is 10.6 Å². The predicted octanol–water partition coefficient (Wildman–Crippen LogP) is 1.33. The Balaban J connectivity index is 0.000000891. The van der Waals surface area contributed by atoms with Crippen LogP contribution in [-0.2, 0) is 16.0 Å². The molecule has 6 N–H and O–H groups in total. The summed E-state index contributed by atoms with van der Waals surface area (Å²) >= 11 is 1.47. The molecule has 0 saturated heterocycles. The number of aliphatic imine (C=N–C) groups is 1. The Bertz CT molecular complexity index is 582.